The molecule has 8 aromatic carbocycles. The molecule has 2 heteroatoms. The minimum absolute atomic E-state index is 0.339. The average molecular weight is 638 g/mol. The maximum absolute atomic E-state index is 6.85. The van der Waals surface area contributed by atoms with E-state index in [0.717, 1.165) is 34.7 Å². The zero-order valence-corrected chi connectivity index (χ0v) is 27.3. The first-order chi connectivity index (χ1) is 24.8. The topological polar surface area (TPSA) is 14.2 Å². The number of hydrogen-bond donors (Lipinski definition) is 0. The number of benzene rings is 8. The second kappa shape index (κ2) is 10.6. The third-order valence-electron chi connectivity index (χ3n) is 11.0. The highest BCUT2D eigenvalue weighted by atomic mass is 16.5. The molecule has 1 aromatic heterocycles. The highest BCUT2D eigenvalue weighted by molar-refractivity contribution is 6.25. The Morgan fingerprint density at radius 2 is 1.20 bits per heavy atom. The third-order valence-corrected chi connectivity index (χ3v) is 11.0. The normalized spacial score (nSPS) is 14.3. The summed E-state index contributed by atoms with van der Waals surface area (Å²) in [5, 5.41) is 4.90. The molecule has 2 heterocycles. The highest BCUT2D eigenvalue weighted by Crippen LogP contribution is 2.52. The lowest BCUT2D eigenvalue weighted by molar-refractivity contribution is 0.487. The molecule has 0 amide bonds. The van der Waals surface area contributed by atoms with Crippen LogP contribution < -0.4 is 4.74 Å². The molecule has 2 aliphatic rings. The SMILES string of the molecule is c1ccc([C@@H]2Cc3cccc(-c4ccc5c(c4)-c4cccc6c4c(cc4c6c6ccccc6n4-c4ccccc4)O5)c3-c3ccccc32)cc1. The van der Waals surface area contributed by atoms with Crippen LogP contribution in [0.25, 0.3) is 71.6 Å². The summed E-state index contributed by atoms with van der Waals surface area (Å²) in [6, 6.07) is 61.9. The summed E-state index contributed by atoms with van der Waals surface area (Å²) in [7, 11) is 0. The maximum Gasteiger partial charge on any atom is 0.138 e. The number of ether oxygens (including phenoxy) is 1. The van der Waals surface area contributed by atoms with E-state index in [1.807, 2.05) is 0 Å². The number of rotatable bonds is 3. The fourth-order valence-corrected chi connectivity index (χ4v) is 8.85. The fourth-order valence-electron chi connectivity index (χ4n) is 8.85. The van der Waals surface area contributed by atoms with Gasteiger partial charge in [-0.05, 0) is 86.6 Å². The first kappa shape index (κ1) is 27.6. The Bertz CT molecular complexity index is 2810. The third kappa shape index (κ3) is 3.90. The minimum atomic E-state index is 0.339. The number of aromatic nitrogens is 1. The van der Waals surface area contributed by atoms with Crippen molar-refractivity contribution >= 4 is 32.6 Å². The molecule has 0 unspecified atom stereocenters. The van der Waals surface area contributed by atoms with Gasteiger partial charge in [-0.15, -0.1) is 0 Å². The van der Waals surface area contributed by atoms with Gasteiger partial charge in [0.25, 0.3) is 0 Å². The number of hydrogen-bond acceptors (Lipinski definition) is 1. The summed E-state index contributed by atoms with van der Waals surface area (Å²) in [4.78, 5) is 0. The van der Waals surface area contributed by atoms with Crippen molar-refractivity contribution in [3.63, 3.8) is 0 Å². The lowest BCUT2D eigenvalue weighted by Crippen LogP contribution is -2.13. The van der Waals surface area contributed by atoms with Crippen LogP contribution in [0.3, 0.4) is 0 Å². The molecule has 0 saturated heterocycles. The largest absolute Gasteiger partial charge is 0.456 e. The molecule has 0 fully saturated rings. The number of para-hydroxylation sites is 2. The van der Waals surface area contributed by atoms with E-state index in [1.165, 1.54) is 71.6 Å². The van der Waals surface area contributed by atoms with Gasteiger partial charge < -0.3 is 9.30 Å². The van der Waals surface area contributed by atoms with E-state index in [4.69, 9.17) is 4.74 Å². The van der Waals surface area contributed by atoms with E-state index in [-0.39, 0.29) is 0 Å². The van der Waals surface area contributed by atoms with Gasteiger partial charge in [0.05, 0.1) is 11.0 Å². The summed E-state index contributed by atoms with van der Waals surface area (Å²) in [5.74, 6) is 2.14. The number of fused-ring (bicyclic) bond motifs is 9. The van der Waals surface area contributed by atoms with Crippen molar-refractivity contribution in [2.75, 3.05) is 0 Å². The predicted molar refractivity (Wildman–Crippen MR) is 207 cm³/mol. The fraction of sp³-hybridized carbons (Fsp3) is 0.0417. The van der Waals surface area contributed by atoms with Gasteiger partial charge in [-0.25, -0.2) is 0 Å². The van der Waals surface area contributed by atoms with E-state index >= 15 is 0 Å². The Labute approximate surface area is 290 Å². The molecule has 1 aliphatic heterocycles. The molecule has 0 bridgehead atoms. The van der Waals surface area contributed by atoms with Gasteiger partial charge in [-0.1, -0.05) is 133 Å². The lowest BCUT2D eigenvalue weighted by Gasteiger charge is -2.30. The first-order valence-electron chi connectivity index (χ1n) is 17.4. The van der Waals surface area contributed by atoms with Crippen LogP contribution in [0.1, 0.15) is 22.6 Å². The van der Waals surface area contributed by atoms with Crippen molar-refractivity contribution < 1.29 is 4.74 Å². The van der Waals surface area contributed by atoms with Gasteiger partial charge in [0, 0.05) is 39.4 Å². The number of nitrogens with zero attached hydrogens (tertiary/aromatic N) is 1. The minimum Gasteiger partial charge on any atom is -0.456 e. The standard InChI is InChI=1S/C48H31NO/c1-3-13-30(14-4-1)40-28-32-15-11-21-34(46(32)36-19-8-7-18-35(36)40)31-25-26-44-41(27-31)37-22-12-23-39-47-38-20-9-10-24-42(38)49(33-16-5-2-6-17-33)43(47)29-45(50-44)48(37)39/h1-27,29,40H,28H2/t40-/m0/s1. The van der Waals surface area contributed by atoms with Crippen LogP contribution in [0.15, 0.2) is 170 Å². The average Bonchev–Trinajstić information content (AvgIpc) is 3.52. The molecular formula is C48H31NO. The monoisotopic (exact) mass is 637 g/mol. The molecule has 9 aromatic rings. The summed E-state index contributed by atoms with van der Waals surface area (Å²) in [6.45, 7) is 0. The highest BCUT2D eigenvalue weighted by Gasteiger charge is 2.29. The van der Waals surface area contributed by atoms with Gasteiger partial charge in [0.1, 0.15) is 11.5 Å². The second-order valence-corrected chi connectivity index (χ2v) is 13.6. The Balaban J connectivity index is 1.11. The van der Waals surface area contributed by atoms with Crippen LogP contribution in [0.5, 0.6) is 11.5 Å². The summed E-state index contributed by atoms with van der Waals surface area (Å²) < 4.78 is 9.22. The van der Waals surface area contributed by atoms with Crippen LogP contribution in [0.4, 0.5) is 0 Å². The smallest absolute Gasteiger partial charge is 0.138 e. The van der Waals surface area contributed by atoms with Crippen LogP contribution in [0, 0.1) is 0 Å². The Morgan fingerprint density at radius 3 is 2.10 bits per heavy atom. The lowest BCUT2D eigenvalue weighted by atomic mass is 9.73. The molecule has 2 nitrogen and oxygen atoms in total. The molecule has 0 radical (unpaired) electrons. The van der Waals surface area contributed by atoms with Crippen molar-refractivity contribution in [3.8, 4) is 50.6 Å². The van der Waals surface area contributed by atoms with Crippen LogP contribution in [0.2, 0.25) is 0 Å². The zero-order chi connectivity index (χ0) is 32.8. The molecular weight excluding hydrogens is 607 g/mol. The van der Waals surface area contributed by atoms with Crippen molar-refractivity contribution in [1.29, 1.82) is 0 Å². The summed E-state index contributed by atoms with van der Waals surface area (Å²) in [6.07, 6.45) is 0.984. The van der Waals surface area contributed by atoms with Crippen LogP contribution in [-0.2, 0) is 6.42 Å². The molecule has 1 atom stereocenters. The van der Waals surface area contributed by atoms with Gasteiger partial charge >= 0.3 is 0 Å². The molecule has 0 spiro atoms. The predicted octanol–water partition coefficient (Wildman–Crippen LogP) is 12.7. The second-order valence-electron chi connectivity index (χ2n) is 13.6. The van der Waals surface area contributed by atoms with Gasteiger partial charge in [-0.2, -0.15) is 0 Å². The van der Waals surface area contributed by atoms with Gasteiger partial charge in [0.2, 0.25) is 0 Å². The summed E-state index contributed by atoms with van der Waals surface area (Å²) in [5.41, 5.74) is 15.2. The Morgan fingerprint density at radius 1 is 0.480 bits per heavy atom. The van der Waals surface area contributed by atoms with E-state index in [2.05, 4.69) is 174 Å². The van der Waals surface area contributed by atoms with Crippen molar-refractivity contribution in [3.05, 3.63) is 187 Å². The maximum atomic E-state index is 6.85. The van der Waals surface area contributed by atoms with Crippen LogP contribution >= 0.6 is 0 Å². The quantitative estimate of drug-likeness (QED) is 0.188. The van der Waals surface area contributed by atoms with E-state index in [9.17, 15) is 0 Å². The van der Waals surface area contributed by atoms with E-state index in [1.54, 1.807) is 0 Å². The molecule has 50 heavy (non-hydrogen) atoms. The van der Waals surface area contributed by atoms with E-state index < -0.39 is 0 Å². The Hall–Kier alpha value is -6.38. The molecule has 0 N–H and O–H groups in total. The van der Waals surface area contributed by atoms with Crippen molar-refractivity contribution in [2.24, 2.45) is 0 Å². The van der Waals surface area contributed by atoms with Gasteiger partial charge in [-0.3, -0.25) is 0 Å². The Kier molecular flexibility index (Phi) is 5.82. The molecule has 11 rings (SSSR count). The van der Waals surface area contributed by atoms with Crippen molar-refractivity contribution in [1.82, 2.24) is 4.57 Å². The molecule has 234 valence electrons. The zero-order valence-electron chi connectivity index (χ0n) is 27.3. The van der Waals surface area contributed by atoms with E-state index in [0.29, 0.717) is 5.92 Å². The molecule has 1 aliphatic carbocycles. The van der Waals surface area contributed by atoms with Crippen molar-refractivity contribution in [2.45, 2.75) is 12.3 Å². The first-order valence-corrected chi connectivity index (χ1v) is 17.4. The summed E-state index contributed by atoms with van der Waals surface area (Å²) >= 11 is 0. The van der Waals surface area contributed by atoms with Gasteiger partial charge in [0.15, 0.2) is 0 Å². The molecule has 0 saturated carbocycles. The van der Waals surface area contributed by atoms with Crippen LogP contribution in [-0.4, -0.2) is 4.57 Å².